The van der Waals surface area contributed by atoms with Crippen molar-refractivity contribution in [2.24, 2.45) is 5.92 Å². The summed E-state index contributed by atoms with van der Waals surface area (Å²) >= 11 is 0. The molecule has 0 bridgehead atoms. The van der Waals surface area contributed by atoms with Gasteiger partial charge in [0, 0.05) is 17.8 Å². The van der Waals surface area contributed by atoms with Gasteiger partial charge in [-0.2, -0.15) is 0 Å². The Hall–Kier alpha value is -3.55. The van der Waals surface area contributed by atoms with Crippen molar-refractivity contribution in [2.45, 2.75) is 98.3 Å². The highest BCUT2D eigenvalue weighted by Gasteiger charge is 2.38. The summed E-state index contributed by atoms with van der Waals surface area (Å²) in [7, 11) is 0. The summed E-state index contributed by atoms with van der Waals surface area (Å²) in [6, 6.07) is 11.9. The number of hydrogen-bond acceptors (Lipinski definition) is 5. The minimum absolute atomic E-state index is 0.0857. The van der Waals surface area contributed by atoms with Crippen molar-refractivity contribution >= 4 is 23.6 Å². The molecule has 2 aromatic rings. The quantitative estimate of drug-likeness (QED) is 0.238. The van der Waals surface area contributed by atoms with Crippen LogP contribution >= 0.6 is 0 Å². The molecule has 0 fully saturated rings. The lowest BCUT2D eigenvalue weighted by molar-refractivity contribution is -0.141. The number of amides is 3. The van der Waals surface area contributed by atoms with Crippen LogP contribution in [0.2, 0.25) is 0 Å². The highest BCUT2D eigenvalue weighted by Crippen LogP contribution is 2.32. The van der Waals surface area contributed by atoms with E-state index in [0.717, 1.165) is 31.2 Å². The van der Waals surface area contributed by atoms with Crippen LogP contribution in [0.3, 0.4) is 0 Å². The highest BCUT2D eigenvalue weighted by molar-refractivity contribution is 5.99. The van der Waals surface area contributed by atoms with Crippen molar-refractivity contribution in [3.63, 3.8) is 0 Å². The molecular weight excluding hydrogens is 506 g/mol. The number of unbranched alkanes of at least 4 members (excludes halogenated alkanes) is 4. The summed E-state index contributed by atoms with van der Waals surface area (Å²) in [5, 5.41) is 16.5. The van der Waals surface area contributed by atoms with Gasteiger partial charge >= 0.3 is 6.09 Å². The van der Waals surface area contributed by atoms with Gasteiger partial charge in [-0.15, -0.1) is 0 Å². The predicted molar refractivity (Wildman–Crippen MR) is 159 cm³/mol. The largest absolute Gasteiger partial charge is 0.508 e. The third-order valence-corrected chi connectivity index (χ3v) is 6.58. The number of carbonyl (C=O) groups is 3. The van der Waals surface area contributed by atoms with Crippen molar-refractivity contribution in [3.8, 4) is 5.75 Å². The molecule has 0 spiro atoms. The molecule has 8 nitrogen and oxygen atoms in total. The van der Waals surface area contributed by atoms with Crippen molar-refractivity contribution < 1.29 is 24.2 Å². The van der Waals surface area contributed by atoms with E-state index in [2.05, 4.69) is 17.6 Å². The number of para-hydroxylation sites is 2. The number of nitrogens with zero attached hydrogens (tertiary/aromatic N) is 1. The molecule has 2 rings (SSSR count). The van der Waals surface area contributed by atoms with Gasteiger partial charge in [0.05, 0.1) is 0 Å². The summed E-state index contributed by atoms with van der Waals surface area (Å²) in [4.78, 5) is 42.4. The molecule has 2 atom stereocenters. The first-order valence-electron chi connectivity index (χ1n) is 14.3. The molecule has 2 unspecified atom stereocenters. The summed E-state index contributed by atoms with van der Waals surface area (Å²) in [5.41, 5.74) is 1.07. The molecule has 3 amide bonds. The van der Waals surface area contributed by atoms with E-state index in [1.165, 1.54) is 11.0 Å². The number of hydrogen-bond donors (Lipinski definition) is 3. The SMILES string of the molecule is CCCCCCCN(C(=O)C(NC(=O)OC(C)(C)C)C(C)C)C(C(=O)Nc1ccccc1C)c1ccccc1O. The standard InChI is InChI=1S/C32H47N3O5/c1-8-9-10-11-16-21-35(30(38)27(22(2)3)34-31(39)40-32(5,6)7)28(24-18-13-15-20-26(24)36)29(37)33-25-19-14-12-17-23(25)4/h12-15,17-20,22,27-28,36H,8-11,16,21H2,1-7H3,(H,33,37)(H,34,39). The molecule has 0 radical (unpaired) electrons. The van der Waals surface area contributed by atoms with E-state index in [1.807, 2.05) is 39.0 Å². The number of nitrogens with one attached hydrogen (secondary N) is 2. The number of carbonyl (C=O) groups excluding carboxylic acids is 3. The second-order valence-electron chi connectivity index (χ2n) is 11.6. The first-order valence-corrected chi connectivity index (χ1v) is 14.3. The fourth-order valence-corrected chi connectivity index (χ4v) is 4.46. The van der Waals surface area contributed by atoms with Gasteiger partial charge in [-0.1, -0.05) is 82.9 Å². The number of benzene rings is 2. The summed E-state index contributed by atoms with van der Waals surface area (Å²) in [6.07, 6.45) is 4.03. The van der Waals surface area contributed by atoms with Crippen LogP contribution in [0.1, 0.15) is 90.8 Å². The van der Waals surface area contributed by atoms with Gasteiger partial charge in [-0.05, 0) is 57.7 Å². The van der Waals surface area contributed by atoms with Crippen LogP contribution in [0.4, 0.5) is 10.5 Å². The topological polar surface area (TPSA) is 108 Å². The lowest BCUT2D eigenvalue weighted by Crippen LogP contribution is -2.54. The molecule has 0 saturated carbocycles. The van der Waals surface area contributed by atoms with E-state index >= 15 is 0 Å². The maximum absolute atomic E-state index is 14.2. The van der Waals surface area contributed by atoms with Gasteiger partial charge in [0.25, 0.3) is 5.91 Å². The first-order chi connectivity index (χ1) is 18.9. The van der Waals surface area contributed by atoms with Crippen LogP contribution in [0.15, 0.2) is 48.5 Å². The van der Waals surface area contributed by atoms with Crippen LogP contribution in [-0.2, 0) is 14.3 Å². The third kappa shape index (κ3) is 9.88. The molecule has 0 aromatic heterocycles. The Morgan fingerprint density at radius 1 is 0.950 bits per heavy atom. The normalized spacial score (nSPS) is 12.9. The van der Waals surface area contributed by atoms with Crippen molar-refractivity contribution in [3.05, 3.63) is 59.7 Å². The second-order valence-corrected chi connectivity index (χ2v) is 11.6. The third-order valence-electron chi connectivity index (χ3n) is 6.58. The Bertz CT molecular complexity index is 1130. The smallest absolute Gasteiger partial charge is 0.408 e. The number of aryl methyl sites for hydroxylation is 1. The van der Waals surface area contributed by atoms with Gasteiger partial charge in [-0.25, -0.2) is 4.79 Å². The molecule has 0 aliphatic carbocycles. The first kappa shape index (κ1) is 32.7. The van der Waals surface area contributed by atoms with Gasteiger partial charge in [0.1, 0.15) is 23.4 Å². The average Bonchev–Trinajstić information content (AvgIpc) is 2.87. The number of aromatic hydroxyl groups is 1. The summed E-state index contributed by atoms with van der Waals surface area (Å²) in [6.45, 7) is 13.2. The molecule has 220 valence electrons. The minimum atomic E-state index is -1.12. The molecule has 0 saturated heterocycles. The van der Waals surface area contributed by atoms with E-state index in [1.54, 1.807) is 45.0 Å². The van der Waals surface area contributed by atoms with Crippen LogP contribution < -0.4 is 10.6 Å². The molecule has 0 heterocycles. The zero-order valence-electron chi connectivity index (χ0n) is 25.1. The van der Waals surface area contributed by atoms with Gasteiger partial charge < -0.3 is 25.4 Å². The fourth-order valence-electron chi connectivity index (χ4n) is 4.46. The molecule has 2 aromatic carbocycles. The van der Waals surface area contributed by atoms with Crippen LogP contribution in [-0.4, -0.2) is 46.1 Å². The van der Waals surface area contributed by atoms with Crippen molar-refractivity contribution in [2.75, 3.05) is 11.9 Å². The maximum atomic E-state index is 14.2. The number of phenolic OH excluding ortho intramolecular Hbond substituents is 1. The molecule has 8 heteroatoms. The lowest BCUT2D eigenvalue weighted by Gasteiger charge is -2.36. The molecule has 40 heavy (non-hydrogen) atoms. The zero-order chi connectivity index (χ0) is 29.9. The van der Waals surface area contributed by atoms with Crippen molar-refractivity contribution in [1.82, 2.24) is 10.2 Å². The number of anilines is 1. The van der Waals surface area contributed by atoms with Crippen molar-refractivity contribution in [1.29, 1.82) is 0 Å². The Kier molecular flexibility index (Phi) is 12.5. The second kappa shape index (κ2) is 15.3. The van der Waals surface area contributed by atoms with Crippen LogP contribution in [0, 0.1) is 12.8 Å². The highest BCUT2D eigenvalue weighted by atomic mass is 16.6. The average molecular weight is 554 g/mol. The Labute approximate surface area is 239 Å². The molecule has 3 N–H and O–H groups in total. The number of ether oxygens (including phenoxy) is 1. The molecule has 0 aliphatic rings. The Morgan fingerprint density at radius 3 is 2.17 bits per heavy atom. The van der Waals surface area contributed by atoms with Gasteiger partial charge in [-0.3, -0.25) is 9.59 Å². The maximum Gasteiger partial charge on any atom is 0.408 e. The van der Waals surface area contributed by atoms with E-state index in [4.69, 9.17) is 4.74 Å². The van der Waals surface area contributed by atoms with Crippen LogP contribution in [0.5, 0.6) is 5.75 Å². The predicted octanol–water partition coefficient (Wildman–Crippen LogP) is 6.73. The Balaban J connectivity index is 2.53. The number of phenols is 1. The van der Waals surface area contributed by atoms with E-state index in [-0.39, 0.29) is 18.2 Å². The minimum Gasteiger partial charge on any atom is -0.508 e. The van der Waals surface area contributed by atoms with Gasteiger partial charge in [0.15, 0.2) is 0 Å². The van der Waals surface area contributed by atoms with E-state index in [9.17, 15) is 19.5 Å². The summed E-state index contributed by atoms with van der Waals surface area (Å²) < 4.78 is 5.44. The monoisotopic (exact) mass is 553 g/mol. The Morgan fingerprint density at radius 2 is 1.57 bits per heavy atom. The fraction of sp³-hybridized carbons (Fsp3) is 0.531. The summed E-state index contributed by atoms with van der Waals surface area (Å²) in [5.74, 6) is -1.23. The van der Waals surface area contributed by atoms with E-state index < -0.39 is 35.6 Å². The number of alkyl carbamates (subject to hydrolysis) is 1. The number of rotatable bonds is 13. The van der Waals surface area contributed by atoms with E-state index in [0.29, 0.717) is 17.7 Å². The van der Waals surface area contributed by atoms with Gasteiger partial charge in [0.2, 0.25) is 5.91 Å². The molecule has 0 aliphatic heterocycles. The lowest BCUT2D eigenvalue weighted by atomic mass is 9.97. The van der Waals surface area contributed by atoms with Crippen LogP contribution in [0.25, 0.3) is 0 Å². The zero-order valence-corrected chi connectivity index (χ0v) is 25.1. The molecular formula is C32H47N3O5.